The molecule has 1 aliphatic heterocycles. The third-order valence-corrected chi connectivity index (χ3v) is 3.31. The molecule has 2 amide bonds. The van der Waals surface area contributed by atoms with Crippen LogP contribution in [-0.2, 0) is 9.53 Å². The second-order valence-electron chi connectivity index (χ2n) is 4.87. The molecule has 1 N–H and O–H groups in total. The topological polar surface area (TPSA) is 67.9 Å². The third kappa shape index (κ3) is 4.66. The molecule has 114 valence electrons. The fourth-order valence-electron chi connectivity index (χ4n) is 2.16. The fourth-order valence-corrected chi connectivity index (χ4v) is 2.16. The predicted molar refractivity (Wildman–Crippen MR) is 78.4 cm³/mol. The van der Waals surface area contributed by atoms with E-state index in [0.717, 1.165) is 25.9 Å². The van der Waals surface area contributed by atoms with Crippen LogP contribution < -0.4 is 10.1 Å². The van der Waals surface area contributed by atoms with Crippen molar-refractivity contribution in [3.05, 3.63) is 24.3 Å². The van der Waals surface area contributed by atoms with Gasteiger partial charge in [-0.25, -0.2) is 9.59 Å². The van der Waals surface area contributed by atoms with Gasteiger partial charge in [-0.2, -0.15) is 0 Å². The summed E-state index contributed by atoms with van der Waals surface area (Å²) in [5.41, 5.74) is 0.646. The van der Waals surface area contributed by atoms with Crippen LogP contribution in [0.2, 0.25) is 0 Å². The molecule has 21 heavy (non-hydrogen) atoms. The van der Waals surface area contributed by atoms with E-state index in [2.05, 4.69) is 10.1 Å². The minimum atomic E-state index is -0.447. The molecule has 0 bridgehead atoms. The van der Waals surface area contributed by atoms with Gasteiger partial charge in [0, 0.05) is 24.8 Å². The number of hydrogen-bond acceptors (Lipinski definition) is 4. The van der Waals surface area contributed by atoms with Crippen LogP contribution >= 0.6 is 0 Å². The van der Waals surface area contributed by atoms with Crippen molar-refractivity contribution in [2.75, 3.05) is 32.1 Å². The van der Waals surface area contributed by atoms with Crippen LogP contribution in [0.15, 0.2) is 24.3 Å². The first-order valence-corrected chi connectivity index (χ1v) is 7.04. The first-order valence-electron chi connectivity index (χ1n) is 7.04. The molecule has 1 heterocycles. The average molecular weight is 292 g/mol. The Kier molecular flexibility index (Phi) is 5.43. The summed E-state index contributed by atoms with van der Waals surface area (Å²) in [4.78, 5) is 24.9. The molecule has 1 saturated heterocycles. The van der Waals surface area contributed by atoms with Crippen LogP contribution in [-0.4, -0.2) is 43.7 Å². The van der Waals surface area contributed by atoms with Gasteiger partial charge >= 0.3 is 12.0 Å². The number of nitrogens with zero attached hydrogens (tertiary/aromatic N) is 1. The highest BCUT2D eigenvalue weighted by molar-refractivity contribution is 5.89. The second-order valence-corrected chi connectivity index (χ2v) is 4.87. The number of hydrogen-bond donors (Lipinski definition) is 1. The maximum Gasteiger partial charge on any atom is 0.343 e. The lowest BCUT2D eigenvalue weighted by atomic mass is 10.1. The van der Waals surface area contributed by atoms with E-state index in [9.17, 15) is 9.59 Å². The Morgan fingerprint density at radius 3 is 2.71 bits per heavy atom. The minimum absolute atomic E-state index is 0.0974. The minimum Gasteiger partial charge on any atom is -0.482 e. The molecule has 0 aliphatic carbocycles. The molecule has 0 atom stereocenters. The van der Waals surface area contributed by atoms with Gasteiger partial charge in [-0.1, -0.05) is 6.07 Å². The number of carbonyl (C=O) groups is 2. The normalized spacial score (nSPS) is 14.4. The smallest absolute Gasteiger partial charge is 0.343 e. The van der Waals surface area contributed by atoms with Gasteiger partial charge in [-0.3, -0.25) is 0 Å². The number of methoxy groups -OCH3 is 1. The summed E-state index contributed by atoms with van der Waals surface area (Å²) in [7, 11) is 1.31. The predicted octanol–water partition coefficient (Wildman–Crippen LogP) is 2.26. The fraction of sp³-hybridized carbons (Fsp3) is 0.467. The van der Waals surface area contributed by atoms with Crippen molar-refractivity contribution in [2.45, 2.75) is 19.3 Å². The molecule has 6 heteroatoms. The molecule has 2 rings (SSSR count). The molecule has 0 unspecified atom stereocenters. The lowest BCUT2D eigenvalue weighted by molar-refractivity contribution is -0.142. The van der Waals surface area contributed by atoms with Gasteiger partial charge in [0.2, 0.25) is 0 Å². The number of likely N-dealkylation sites (tertiary alicyclic amines) is 1. The standard InChI is InChI=1S/C15H20N2O4/c1-20-14(18)11-21-13-7-5-6-12(10-13)16-15(19)17-8-3-2-4-9-17/h5-7,10H,2-4,8-9,11H2,1H3,(H,16,19). The van der Waals surface area contributed by atoms with E-state index in [1.165, 1.54) is 13.5 Å². The summed E-state index contributed by atoms with van der Waals surface area (Å²) in [5, 5.41) is 2.84. The van der Waals surface area contributed by atoms with Crippen molar-refractivity contribution in [2.24, 2.45) is 0 Å². The molecule has 0 spiro atoms. The maximum absolute atomic E-state index is 12.1. The lowest BCUT2D eigenvalue weighted by Gasteiger charge is -2.26. The average Bonchev–Trinajstić information content (AvgIpc) is 2.53. The zero-order valence-electron chi connectivity index (χ0n) is 12.1. The van der Waals surface area contributed by atoms with Crippen molar-refractivity contribution >= 4 is 17.7 Å². The van der Waals surface area contributed by atoms with Crippen molar-refractivity contribution < 1.29 is 19.1 Å². The van der Waals surface area contributed by atoms with Gasteiger partial charge in [0.25, 0.3) is 0 Å². The number of carbonyl (C=O) groups excluding carboxylic acids is 2. The molecule has 1 aromatic rings. The number of urea groups is 1. The van der Waals surface area contributed by atoms with Crippen molar-refractivity contribution in [3.8, 4) is 5.75 Å². The van der Waals surface area contributed by atoms with E-state index in [4.69, 9.17) is 4.74 Å². The Morgan fingerprint density at radius 2 is 2.00 bits per heavy atom. The van der Waals surface area contributed by atoms with Gasteiger partial charge in [0.05, 0.1) is 7.11 Å². The number of ether oxygens (including phenoxy) is 2. The molecule has 0 radical (unpaired) electrons. The van der Waals surface area contributed by atoms with E-state index in [1.807, 2.05) is 4.90 Å². The van der Waals surface area contributed by atoms with Gasteiger partial charge in [-0.05, 0) is 31.4 Å². The third-order valence-electron chi connectivity index (χ3n) is 3.31. The Morgan fingerprint density at radius 1 is 1.24 bits per heavy atom. The number of anilines is 1. The van der Waals surface area contributed by atoms with Gasteiger partial charge in [0.1, 0.15) is 5.75 Å². The van der Waals surface area contributed by atoms with Gasteiger partial charge in [0.15, 0.2) is 6.61 Å². The molecule has 1 aromatic carbocycles. The van der Waals surface area contributed by atoms with Crippen LogP contribution in [0.4, 0.5) is 10.5 Å². The van der Waals surface area contributed by atoms with Crippen LogP contribution in [0.1, 0.15) is 19.3 Å². The molecule has 1 fully saturated rings. The van der Waals surface area contributed by atoms with Crippen LogP contribution in [0.5, 0.6) is 5.75 Å². The SMILES string of the molecule is COC(=O)COc1cccc(NC(=O)N2CCCCC2)c1. The van der Waals surface area contributed by atoms with Crippen molar-refractivity contribution in [1.29, 1.82) is 0 Å². The first-order chi connectivity index (χ1) is 10.2. The summed E-state index contributed by atoms with van der Waals surface area (Å²) in [6.45, 7) is 1.44. The van der Waals surface area contributed by atoms with Crippen LogP contribution in [0.3, 0.4) is 0 Å². The number of amides is 2. The van der Waals surface area contributed by atoms with Gasteiger partial charge < -0.3 is 19.7 Å². The Bertz CT molecular complexity index is 498. The molecule has 0 aromatic heterocycles. The number of rotatable bonds is 4. The van der Waals surface area contributed by atoms with Gasteiger partial charge in [-0.15, -0.1) is 0 Å². The second kappa shape index (κ2) is 7.52. The van der Waals surface area contributed by atoms with Crippen LogP contribution in [0.25, 0.3) is 0 Å². The zero-order chi connectivity index (χ0) is 15.1. The van der Waals surface area contributed by atoms with E-state index in [1.54, 1.807) is 24.3 Å². The van der Waals surface area contributed by atoms with Crippen LogP contribution in [0, 0.1) is 0 Å². The molecule has 1 aliphatic rings. The van der Waals surface area contributed by atoms with Crippen molar-refractivity contribution in [3.63, 3.8) is 0 Å². The number of piperidine rings is 1. The summed E-state index contributed by atoms with van der Waals surface area (Å²) in [6.07, 6.45) is 3.28. The Hall–Kier alpha value is -2.24. The van der Waals surface area contributed by atoms with Crippen molar-refractivity contribution in [1.82, 2.24) is 4.90 Å². The van der Waals surface area contributed by atoms with E-state index in [-0.39, 0.29) is 12.6 Å². The van der Waals surface area contributed by atoms with E-state index < -0.39 is 5.97 Å². The maximum atomic E-state index is 12.1. The summed E-state index contributed by atoms with van der Waals surface area (Å²) in [5.74, 6) is 0.0644. The summed E-state index contributed by atoms with van der Waals surface area (Å²) < 4.78 is 9.79. The molecule has 6 nitrogen and oxygen atoms in total. The highest BCUT2D eigenvalue weighted by Crippen LogP contribution is 2.18. The number of nitrogens with one attached hydrogen (secondary N) is 1. The van der Waals surface area contributed by atoms with E-state index in [0.29, 0.717) is 11.4 Å². The quantitative estimate of drug-likeness (QED) is 0.864. The Labute approximate surface area is 124 Å². The lowest BCUT2D eigenvalue weighted by Crippen LogP contribution is -2.38. The molecule has 0 saturated carbocycles. The summed E-state index contributed by atoms with van der Waals surface area (Å²) >= 11 is 0. The highest BCUT2D eigenvalue weighted by atomic mass is 16.6. The zero-order valence-corrected chi connectivity index (χ0v) is 12.1. The Balaban J connectivity index is 1.90. The summed E-state index contributed by atoms with van der Waals surface area (Å²) in [6, 6.07) is 6.86. The monoisotopic (exact) mass is 292 g/mol. The first kappa shape index (κ1) is 15.2. The molecular weight excluding hydrogens is 272 g/mol. The number of benzene rings is 1. The van der Waals surface area contributed by atoms with E-state index >= 15 is 0 Å². The largest absolute Gasteiger partial charge is 0.482 e. The number of esters is 1. The highest BCUT2D eigenvalue weighted by Gasteiger charge is 2.16. The molecular formula is C15H20N2O4.